The molecule has 18 nitrogen and oxygen atoms in total. The van der Waals surface area contributed by atoms with Gasteiger partial charge in [0.25, 0.3) is 0 Å². The SMILES string of the molecule is C/C=C\C(=O)N1CCC(N(C)c2nc(OCC3(CC)CCCN3)nc3c(F)c(-c4cccc5cccc(Cl)c45)ncc23)C1.C=CC(=O)N1CC(N(C)c2nc(OCC34CCCN3CCC4)nc3c(F)c(-c4cccc5cccc(Cl)c45)ncc23)CC1C#N.CC#N. The van der Waals surface area contributed by atoms with Gasteiger partial charge in [0.05, 0.1) is 40.0 Å². The molecule has 1 N–H and O–H groups in total. The zero-order valence-electron chi connectivity index (χ0n) is 51.7. The van der Waals surface area contributed by atoms with Crippen LogP contribution in [0.3, 0.4) is 0 Å². The number of carbonyl (C=O) groups is 2. The van der Waals surface area contributed by atoms with Gasteiger partial charge in [-0.15, -0.1) is 0 Å². The minimum Gasteiger partial charge on any atom is -0.461 e. The number of fused-ring (bicyclic) bond motifs is 5. The first-order valence-electron chi connectivity index (χ1n) is 30.9. The van der Waals surface area contributed by atoms with Crippen LogP contribution in [-0.4, -0.2) is 152 Å². The number of pyridine rings is 2. The first-order chi connectivity index (χ1) is 44.1. The van der Waals surface area contributed by atoms with Crippen LogP contribution in [0.1, 0.15) is 78.6 Å². The number of likely N-dealkylation sites (tertiary alicyclic amines) is 2. The van der Waals surface area contributed by atoms with Crippen LogP contribution in [-0.2, 0) is 9.59 Å². The monoisotopic (exact) mass is 1270 g/mol. The van der Waals surface area contributed by atoms with Crippen molar-refractivity contribution in [2.75, 3.05) is 76.4 Å². The molecular formula is C69H72Cl2F2N14O4. The first-order valence-corrected chi connectivity index (χ1v) is 31.7. The maximum Gasteiger partial charge on any atom is 0.319 e. The fraction of sp³-hybridized carbons (Fsp3) is 0.391. The van der Waals surface area contributed by atoms with Crippen molar-refractivity contribution in [3.05, 3.63) is 132 Å². The first kappa shape index (κ1) is 63.9. The Labute approximate surface area is 538 Å². The van der Waals surface area contributed by atoms with E-state index in [1.165, 1.54) is 17.9 Å². The molecule has 2 amide bonds. The topological polar surface area (TPSA) is 206 Å². The number of rotatable bonds is 15. The largest absolute Gasteiger partial charge is 0.461 e. The van der Waals surface area contributed by atoms with Gasteiger partial charge >= 0.3 is 12.0 Å². The number of ether oxygens (including phenoxy) is 2. The number of nitrogens with zero attached hydrogens (tertiary/aromatic N) is 13. The zero-order chi connectivity index (χ0) is 64.1. The van der Waals surface area contributed by atoms with E-state index in [2.05, 4.69) is 49.7 Å². The molecule has 0 bridgehead atoms. The van der Waals surface area contributed by atoms with Gasteiger partial charge in [0, 0.05) is 97.5 Å². The predicted molar refractivity (Wildman–Crippen MR) is 352 cm³/mol. The van der Waals surface area contributed by atoms with E-state index in [1.807, 2.05) is 90.3 Å². The van der Waals surface area contributed by atoms with Crippen LogP contribution in [0.15, 0.2) is 110 Å². The Morgan fingerprint density at radius 3 is 1.80 bits per heavy atom. The molecule has 5 aliphatic heterocycles. The molecular weight excluding hydrogens is 1200 g/mol. The summed E-state index contributed by atoms with van der Waals surface area (Å²) in [6.45, 7) is 14.3. The Hall–Kier alpha value is -8.66. The third kappa shape index (κ3) is 12.6. The van der Waals surface area contributed by atoms with Crippen molar-refractivity contribution in [2.45, 2.75) is 108 Å². The summed E-state index contributed by atoms with van der Waals surface area (Å²) < 4.78 is 45.9. The van der Waals surface area contributed by atoms with Gasteiger partial charge in [-0.3, -0.25) is 24.5 Å². The number of aromatic nitrogens is 6. The highest BCUT2D eigenvalue weighted by molar-refractivity contribution is 6.37. The van der Waals surface area contributed by atoms with E-state index in [-0.39, 0.29) is 69.4 Å². The predicted octanol–water partition coefficient (Wildman–Crippen LogP) is 12.5. The molecule has 91 heavy (non-hydrogen) atoms. The van der Waals surface area contributed by atoms with Crippen LogP contribution >= 0.6 is 23.2 Å². The summed E-state index contributed by atoms with van der Waals surface area (Å²) in [4.78, 5) is 62.8. The molecule has 8 aromatic rings. The Bertz CT molecular complexity index is 4190. The van der Waals surface area contributed by atoms with E-state index in [1.54, 1.807) is 48.8 Å². The van der Waals surface area contributed by atoms with Crippen molar-refractivity contribution in [3.63, 3.8) is 0 Å². The Morgan fingerprint density at radius 2 is 1.30 bits per heavy atom. The maximum atomic E-state index is 16.7. The molecule has 4 aromatic heterocycles. The number of nitriles is 2. The van der Waals surface area contributed by atoms with Gasteiger partial charge < -0.3 is 34.4 Å². The third-order valence-electron chi connectivity index (χ3n) is 18.7. The Morgan fingerprint density at radius 1 is 0.758 bits per heavy atom. The number of likely N-dealkylation sites (N-methyl/N-ethyl adjacent to an activating group) is 2. The second-order valence-corrected chi connectivity index (χ2v) is 24.7. The van der Waals surface area contributed by atoms with Crippen molar-refractivity contribution in [1.82, 2.24) is 49.9 Å². The van der Waals surface area contributed by atoms with Crippen molar-refractivity contribution in [3.8, 4) is 46.7 Å². The van der Waals surface area contributed by atoms with Gasteiger partial charge in [0.15, 0.2) is 11.6 Å². The summed E-state index contributed by atoms with van der Waals surface area (Å²) in [5.74, 6) is -0.553. The molecule has 9 heterocycles. The third-order valence-corrected chi connectivity index (χ3v) is 19.3. The summed E-state index contributed by atoms with van der Waals surface area (Å²) in [6.07, 6.45) is 16.2. The van der Waals surface area contributed by atoms with Crippen LogP contribution in [0.5, 0.6) is 12.0 Å². The molecule has 22 heteroatoms. The normalized spacial score (nSPS) is 20.1. The van der Waals surface area contributed by atoms with Gasteiger partial charge in [-0.25, -0.2) is 8.78 Å². The lowest BCUT2D eigenvalue weighted by Crippen LogP contribution is -2.44. The summed E-state index contributed by atoms with van der Waals surface area (Å²) >= 11 is 13.2. The summed E-state index contributed by atoms with van der Waals surface area (Å²) in [7, 11) is 3.75. The summed E-state index contributed by atoms with van der Waals surface area (Å²) in [5, 5.41) is 25.8. The standard InChI is InChI=1S/C34H33ClFN7O2.C33H36ClFN6O2.C2H3N/c1-3-27(44)43-19-23(16-22(43)17-37)41(2)32-25-18-38-30(24-10-4-8-21-9-5-11-26(35)28(21)24)29(36)31(25)39-33(40-32)45-20-34-12-6-14-42(34)15-7-13-34;1-4-9-26(42)41-17-14-22(19-41)40(3)31-24-18-36-29(23-12-6-10-21-11-7-13-25(34)27(21)23)28(35)30(24)38-32(39-31)43-20-33(5-2)15-8-16-37-33;1-2-3/h3-5,8-11,18,22-23H,1,6-7,12-16,19-20H2,2H3;4,6-7,9-13,18,22,37H,5,8,14-17,19-20H2,1-3H3;1H3/b;9-4-;. The number of halogens is 4. The minimum absolute atomic E-state index is 0.0155. The molecule has 5 aliphatic rings. The highest BCUT2D eigenvalue weighted by Crippen LogP contribution is 2.43. The van der Waals surface area contributed by atoms with Crippen LogP contribution in [0.25, 0.3) is 65.9 Å². The van der Waals surface area contributed by atoms with Crippen molar-refractivity contribution < 1.29 is 27.8 Å². The van der Waals surface area contributed by atoms with E-state index < -0.39 is 17.7 Å². The van der Waals surface area contributed by atoms with Crippen molar-refractivity contribution >= 4 is 90.0 Å². The van der Waals surface area contributed by atoms with E-state index in [0.717, 1.165) is 87.2 Å². The molecule has 0 spiro atoms. The van der Waals surface area contributed by atoms with E-state index in [4.69, 9.17) is 47.9 Å². The van der Waals surface area contributed by atoms with Crippen LogP contribution < -0.4 is 24.6 Å². The molecule has 0 aliphatic carbocycles. The fourth-order valence-electron chi connectivity index (χ4n) is 13.8. The number of allylic oxidation sites excluding steroid dienone is 1. The number of hydrogen-bond donors (Lipinski definition) is 1. The zero-order valence-corrected chi connectivity index (χ0v) is 53.2. The Kier molecular flexibility index (Phi) is 19.3. The molecule has 470 valence electrons. The molecule has 5 saturated heterocycles. The quantitative estimate of drug-likeness (QED) is 0.0947. The molecule has 5 fully saturated rings. The van der Waals surface area contributed by atoms with E-state index in [9.17, 15) is 14.9 Å². The molecule has 4 atom stereocenters. The lowest BCUT2D eigenvalue weighted by Gasteiger charge is -2.31. The number of carbonyl (C=O) groups excluding carboxylic acids is 2. The number of anilines is 2. The molecule has 13 rings (SSSR count). The maximum absolute atomic E-state index is 16.7. The number of benzene rings is 4. The van der Waals surface area contributed by atoms with E-state index >= 15 is 8.78 Å². The smallest absolute Gasteiger partial charge is 0.319 e. The number of hydrogen-bond acceptors (Lipinski definition) is 16. The van der Waals surface area contributed by atoms with Gasteiger partial charge in [-0.2, -0.15) is 30.5 Å². The van der Waals surface area contributed by atoms with Crippen LogP contribution in [0, 0.1) is 34.3 Å². The lowest BCUT2D eigenvalue weighted by atomic mass is 9.95. The minimum atomic E-state index is -0.612. The summed E-state index contributed by atoms with van der Waals surface area (Å²) in [5.41, 5.74) is 1.44. The highest BCUT2D eigenvalue weighted by atomic mass is 35.5. The van der Waals surface area contributed by atoms with Crippen LogP contribution in [0.2, 0.25) is 10.0 Å². The molecule has 0 radical (unpaired) electrons. The summed E-state index contributed by atoms with van der Waals surface area (Å²) in [6, 6.07) is 25.7. The second-order valence-electron chi connectivity index (χ2n) is 23.9. The number of amides is 2. The molecule has 4 aromatic carbocycles. The van der Waals surface area contributed by atoms with Gasteiger partial charge in [0.1, 0.15) is 53.3 Å². The fourth-order valence-corrected chi connectivity index (χ4v) is 14.3. The van der Waals surface area contributed by atoms with Gasteiger partial charge in [0.2, 0.25) is 11.8 Å². The number of nitrogens with one attached hydrogen (secondary N) is 1. The van der Waals surface area contributed by atoms with Crippen molar-refractivity contribution in [1.29, 1.82) is 10.5 Å². The molecule has 4 unspecified atom stereocenters. The van der Waals surface area contributed by atoms with Gasteiger partial charge in [-0.1, -0.05) is 103 Å². The second kappa shape index (κ2) is 27.4. The highest BCUT2D eigenvalue weighted by Gasteiger charge is 2.45. The van der Waals surface area contributed by atoms with E-state index in [0.29, 0.717) is 88.2 Å². The van der Waals surface area contributed by atoms with Crippen LogP contribution in [0.4, 0.5) is 20.4 Å². The van der Waals surface area contributed by atoms with Crippen molar-refractivity contribution in [2.24, 2.45) is 0 Å². The molecule has 0 saturated carbocycles. The van der Waals surface area contributed by atoms with Gasteiger partial charge in [-0.05, 0) is 113 Å². The Balaban J connectivity index is 0.000000179. The average Bonchev–Trinajstić information content (AvgIpc) is 1.07. The average molecular weight is 1270 g/mol. The lowest BCUT2D eigenvalue weighted by molar-refractivity contribution is -0.126.